The van der Waals surface area contributed by atoms with E-state index in [2.05, 4.69) is 10.2 Å². The van der Waals surface area contributed by atoms with Crippen molar-refractivity contribution in [3.05, 3.63) is 47.2 Å². The van der Waals surface area contributed by atoms with E-state index in [4.69, 9.17) is 11.6 Å². The fourth-order valence-electron chi connectivity index (χ4n) is 2.39. The number of hydrogen-bond donors (Lipinski definition) is 0. The van der Waals surface area contributed by atoms with Gasteiger partial charge in [-0.1, -0.05) is 23.4 Å². The molecule has 1 aromatic carbocycles. The number of nitrogens with zero attached hydrogens (tertiary/aromatic N) is 4. The quantitative estimate of drug-likeness (QED) is 0.627. The number of alkyl halides is 3. The van der Waals surface area contributed by atoms with Crippen molar-refractivity contribution in [3.8, 4) is 17.1 Å². The second-order valence-corrected chi connectivity index (χ2v) is 6.28. The average Bonchev–Trinajstić information content (AvgIpc) is 3.10. The van der Waals surface area contributed by atoms with Gasteiger partial charge in [-0.3, -0.25) is 4.57 Å². The Bertz CT molecular complexity index is 868. The lowest BCUT2D eigenvalue weighted by atomic mass is 10.2. The second kappa shape index (κ2) is 6.18. The van der Waals surface area contributed by atoms with E-state index in [0.29, 0.717) is 15.9 Å². The molecule has 2 heterocycles. The van der Waals surface area contributed by atoms with E-state index in [1.807, 2.05) is 0 Å². The topological polar surface area (TPSA) is 35.6 Å². The van der Waals surface area contributed by atoms with Crippen LogP contribution in [0.2, 0.25) is 5.02 Å². The van der Waals surface area contributed by atoms with Crippen molar-refractivity contribution in [2.45, 2.75) is 11.3 Å². The van der Waals surface area contributed by atoms with Gasteiger partial charge in [0.1, 0.15) is 0 Å². The van der Waals surface area contributed by atoms with Gasteiger partial charge < -0.3 is 4.57 Å². The molecule has 0 aliphatic carbocycles. The second-order valence-electron chi connectivity index (χ2n) is 5.07. The molecule has 3 rings (SSSR count). The molecule has 3 aromatic rings. The Hall–Kier alpha value is -1.93. The Balaban J connectivity index is 2.24. The van der Waals surface area contributed by atoms with Crippen LogP contribution in [0.1, 0.15) is 5.56 Å². The number of aryl methyl sites for hydroxylation is 1. The fraction of sp³-hybridized carbons (Fsp3) is 0.200. The summed E-state index contributed by atoms with van der Waals surface area (Å²) in [7, 11) is 1.54. The third-order valence-corrected chi connectivity index (χ3v) is 4.28. The molecule has 0 amide bonds. The molecule has 0 saturated carbocycles. The van der Waals surface area contributed by atoms with Crippen molar-refractivity contribution in [2.24, 2.45) is 7.05 Å². The highest BCUT2D eigenvalue weighted by molar-refractivity contribution is 7.98. The Morgan fingerprint density at radius 2 is 1.75 bits per heavy atom. The Kier molecular flexibility index (Phi) is 4.35. The monoisotopic (exact) mass is 372 g/mol. The molecule has 0 radical (unpaired) electrons. The summed E-state index contributed by atoms with van der Waals surface area (Å²) >= 11 is 7.19. The summed E-state index contributed by atoms with van der Waals surface area (Å²) in [6.45, 7) is 0. The minimum atomic E-state index is -4.48. The number of thioether (sulfide) groups is 1. The largest absolute Gasteiger partial charge is 0.418 e. The van der Waals surface area contributed by atoms with E-state index in [0.717, 1.165) is 6.20 Å². The van der Waals surface area contributed by atoms with Crippen molar-refractivity contribution < 1.29 is 13.2 Å². The maximum atomic E-state index is 13.3. The molecule has 0 bridgehead atoms. The molecule has 0 aliphatic heterocycles. The number of hydrogen-bond acceptors (Lipinski definition) is 3. The molecule has 4 nitrogen and oxygen atoms in total. The van der Waals surface area contributed by atoms with Crippen LogP contribution in [-0.2, 0) is 13.2 Å². The SMILES string of the molecule is CSc1nnc(-c2cn(C)cc2C(F)(F)F)n1-c1ccc(Cl)cc1. The number of halogens is 4. The molecular weight excluding hydrogens is 361 g/mol. The maximum absolute atomic E-state index is 13.3. The first-order chi connectivity index (χ1) is 11.3. The predicted molar refractivity (Wildman–Crippen MR) is 87.6 cm³/mol. The lowest BCUT2D eigenvalue weighted by Crippen LogP contribution is -2.07. The van der Waals surface area contributed by atoms with Crippen LogP contribution in [0, 0.1) is 0 Å². The summed E-state index contributed by atoms with van der Waals surface area (Å²) in [6, 6.07) is 6.76. The van der Waals surface area contributed by atoms with Crippen LogP contribution in [0.3, 0.4) is 0 Å². The van der Waals surface area contributed by atoms with E-state index in [9.17, 15) is 13.2 Å². The molecule has 9 heteroatoms. The van der Waals surface area contributed by atoms with Crippen LogP contribution in [-0.4, -0.2) is 25.6 Å². The lowest BCUT2D eigenvalue weighted by Gasteiger charge is -2.11. The molecule has 0 spiro atoms. The van der Waals surface area contributed by atoms with E-state index < -0.39 is 11.7 Å². The van der Waals surface area contributed by atoms with Crippen LogP contribution >= 0.6 is 23.4 Å². The zero-order valence-corrected chi connectivity index (χ0v) is 14.2. The highest BCUT2D eigenvalue weighted by atomic mass is 35.5. The van der Waals surface area contributed by atoms with Crippen molar-refractivity contribution in [1.29, 1.82) is 0 Å². The molecule has 126 valence electrons. The van der Waals surface area contributed by atoms with Crippen LogP contribution in [0.4, 0.5) is 13.2 Å². The summed E-state index contributed by atoms with van der Waals surface area (Å²) in [6.07, 6.45) is -0.263. The highest BCUT2D eigenvalue weighted by Gasteiger charge is 2.36. The van der Waals surface area contributed by atoms with E-state index in [-0.39, 0.29) is 11.4 Å². The van der Waals surface area contributed by atoms with Gasteiger partial charge in [-0.05, 0) is 30.5 Å². The van der Waals surface area contributed by atoms with Crippen LogP contribution < -0.4 is 0 Å². The first kappa shape index (κ1) is 16.9. The van der Waals surface area contributed by atoms with Crippen molar-refractivity contribution in [3.63, 3.8) is 0 Å². The Morgan fingerprint density at radius 1 is 1.08 bits per heavy atom. The minimum Gasteiger partial charge on any atom is -0.356 e. The van der Waals surface area contributed by atoms with Gasteiger partial charge in [0.25, 0.3) is 0 Å². The number of aromatic nitrogens is 4. The lowest BCUT2D eigenvalue weighted by molar-refractivity contribution is -0.137. The van der Waals surface area contributed by atoms with Gasteiger partial charge in [-0.2, -0.15) is 13.2 Å². The molecular formula is C15H12ClF3N4S. The first-order valence-corrected chi connectivity index (χ1v) is 8.40. The van der Waals surface area contributed by atoms with Gasteiger partial charge in [-0.25, -0.2) is 0 Å². The zero-order valence-electron chi connectivity index (χ0n) is 12.7. The standard InChI is InChI=1S/C15H12ClF3N4S/c1-22-7-11(12(8-22)15(17,18)19)13-20-21-14(24-2)23(13)10-5-3-9(16)4-6-10/h3-8H,1-2H3. The van der Waals surface area contributed by atoms with Crippen molar-refractivity contribution in [2.75, 3.05) is 6.26 Å². The maximum Gasteiger partial charge on any atom is 0.418 e. The summed E-state index contributed by atoms with van der Waals surface area (Å²) in [5.74, 6) is 0.134. The third kappa shape index (κ3) is 3.03. The molecule has 0 atom stereocenters. The molecule has 0 aliphatic rings. The zero-order chi connectivity index (χ0) is 17.5. The Morgan fingerprint density at radius 3 is 2.33 bits per heavy atom. The van der Waals surface area contributed by atoms with E-state index in [1.165, 1.54) is 29.6 Å². The predicted octanol–water partition coefficient (Wildman–Crippen LogP) is 4.67. The first-order valence-electron chi connectivity index (χ1n) is 6.80. The molecule has 0 N–H and O–H groups in total. The van der Waals surface area contributed by atoms with E-state index in [1.54, 1.807) is 35.1 Å². The van der Waals surface area contributed by atoms with Gasteiger partial charge in [0.15, 0.2) is 11.0 Å². The molecule has 0 fully saturated rings. The van der Waals surface area contributed by atoms with E-state index >= 15 is 0 Å². The highest BCUT2D eigenvalue weighted by Crippen LogP contribution is 2.38. The molecule has 24 heavy (non-hydrogen) atoms. The van der Waals surface area contributed by atoms with Gasteiger partial charge in [0, 0.05) is 35.7 Å². The Labute approximate surface area is 145 Å². The van der Waals surface area contributed by atoms with Crippen molar-refractivity contribution in [1.82, 2.24) is 19.3 Å². The summed E-state index contributed by atoms with van der Waals surface area (Å²) in [5.41, 5.74) is -0.131. The summed E-state index contributed by atoms with van der Waals surface area (Å²) in [4.78, 5) is 0. The van der Waals surface area contributed by atoms with Crippen LogP contribution in [0.15, 0.2) is 41.8 Å². The van der Waals surface area contributed by atoms with Gasteiger partial charge in [0.05, 0.1) is 5.56 Å². The average molecular weight is 373 g/mol. The normalized spacial score (nSPS) is 11.9. The smallest absolute Gasteiger partial charge is 0.356 e. The number of benzene rings is 1. The van der Waals surface area contributed by atoms with Gasteiger partial charge >= 0.3 is 6.18 Å². The number of rotatable bonds is 3. The van der Waals surface area contributed by atoms with Gasteiger partial charge in [0.2, 0.25) is 0 Å². The van der Waals surface area contributed by atoms with Crippen LogP contribution in [0.25, 0.3) is 17.1 Å². The molecule has 0 unspecified atom stereocenters. The summed E-state index contributed by atoms with van der Waals surface area (Å²) in [5, 5.41) is 9.02. The van der Waals surface area contributed by atoms with Crippen molar-refractivity contribution >= 4 is 23.4 Å². The molecule has 2 aromatic heterocycles. The van der Waals surface area contributed by atoms with Gasteiger partial charge in [-0.15, -0.1) is 10.2 Å². The van der Waals surface area contributed by atoms with Crippen LogP contribution in [0.5, 0.6) is 0 Å². The fourth-order valence-corrected chi connectivity index (χ4v) is 3.01. The summed E-state index contributed by atoms with van der Waals surface area (Å²) < 4.78 is 42.9. The minimum absolute atomic E-state index is 0.0206. The molecule has 0 saturated heterocycles. The third-order valence-electron chi connectivity index (χ3n) is 3.40.